The van der Waals surface area contributed by atoms with E-state index in [2.05, 4.69) is 244 Å². The molecule has 2 aliphatic rings. The molecule has 9 aromatic carbocycles. The van der Waals surface area contributed by atoms with Gasteiger partial charge in [-0.3, -0.25) is 0 Å². The van der Waals surface area contributed by atoms with Crippen molar-refractivity contribution in [2.45, 2.75) is 41.5 Å². The highest BCUT2D eigenvalue weighted by Crippen LogP contribution is 2.43. The van der Waals surface area contributed by atoms with Crippen LogP contribution >= 0.6 is 27.3 Å². The first-order valence-corrected chi connectivity index (χ1v) is 26.8. The molecule has 1 nitrogen and oxygen atoms in total. The van der Waals surface area contributed by atoms with Crippen LogP contribution in [-0.2, 0) is 0 Å². The molecule has 3 heterocycles. The predicted octanol–water partition coefficient (Wildman–Crippen LogP) is 9.17. The molecule has 0 saturated heterocycles. The van der Waals surface area contributed by atoms with Gasteiger partial charge in [0.1, 0.15) is 0 Å². The van der Waals surface area contributed by atoms with Crippen LogP contribution in [0.2, 0.25) is 0 Å². The van der Waals surface area contributed by atoms with Crippen LogP contribution in [0.3, 0.4) is 0 Å². The smallest absolute Gasteiger partial charge is 0.247 e. The standard InChI is InChI=1S/C60H48B2BrNSSi/c1-37-28-39(3)58(40(4)29-37)61-50-34-47(66(44-18-10-7-11-19-44,45-20-12-8-13-21-45)46-22-14-9-15-23-46)26-27-54(50)64-55-36-57-49(48-24-16-17-25-56(48)65-57)35-51(55)62(53-33-43(63)32-52(61)60(53)64)59-41(5)30-38(2)31-42(59)6/h7-36H,1-6H3. The first kappa shape index (κ1) is 41.3. The van der Waals surface area contributed by atoms with Crippen molar-refractivity contribution in [3.05, 3.63) is 220 Å². The molecule has 0 bridgehead atoms. The van der Waals surface area contributed by atoms with E-state index in [0.29, 0.717) is 0 Å². The molecule has 0 radical (unpaired) electrons. The Bertz CT molecular complexity index is 3440. The Morgan fingerprint density at radius 1 is 0.409 bits per heavy atom. The number of fused-ring (bicyclic) bond motifs is 7. The highest BCUT2D eigenvalue weighted by Gasteiger charge is 2.47. The van der Waals surface area contributed by atoms with Gasteiger partial charge in [-0.1, -0.05) is 224 Å². The molecule has 0 atom stereocenters. The van der Waals surface area contributed by atoms with Crippen LogP contribution in [-0.4, -0.2) is 21.5 Å². The lowest BCUT2D eigenvalue weighted by Crippen LogP contribution is -2.75. The van der Waals surface area contributed by atoms with Crippen molar-refractivity contribution in [2.24, 2.45) is 0 Å². The first-order chi connectivity index (χ1) is 32.1. The molecule has 10 aromatic rings. The van der Waals surface area contributed by atoms with Gasteiger partial charge < -0.3 is 4.90 Å². The number of benzene rings is 9. The van der Waals surface area contributed by atoms with Gasteiger partial charge in [-0.25, -0.2) is 0 Å². The molecule has 12 rings (SSSR count). The number of nitrogens with zero attached hydrogens (tertiary/aromatic N) is 1. The van der Waals surface area contributed by atoms with E-state index in [0.717, 1.165) is 4.47 Å². The molecule has 0 N–H and O–H groups in total. The summed E-state index contributed by atoms with van der Waals surface area (Å²) in [6, 6.07) is 70.3. The summed E-state index contributed by atoms with van der Waals surface area (Å²) in [6.45, 7) is 13.8. The maximum atomic E-state index is 4.20. The van der Waals surface area contributed by atoms with E-state index in [4.69, 9.17) is 0 Å². The Balaban J connectivity index is 1.23. The SMILES string of the molecule is Cc1cc(C)c(B2c3cc([Si](c4ccccc4)(c4ccccc4)c4ccccc4)ccc3N3c4cc5sc6ccccc6c5cc4B(c4c(C)cc(C)cc4C)c4cc(Br)cc2c43)c(C)c1. The van der Waals surface area contributed by atoms with Crippen molar-refractivity contribution in [3.8, 4) is 0 Å². The molecule has 0 aliphatic carbocycles. The van der Waals surface area contributed by atoms with E-state index < -0.39 is 8.07 Å². The number of rotatable bonds is 6. The van der Waals surface area contributed by atoms with E-state index in [9.17, 15) is 0 Å². The van der Waals surface area contributed by atoms with Gasteiger partial charge in [-0.2, -0.15) is 0 Å². The summed E-state index contributed by atoms with van der Waals surface area (Å²) in [7, 11) is -2.88. The maximum absolute atomic E-state index is 4.20. The van der Waals surface area contributed by atoms with Crippen LogP contribution in [0, 0.1) is 41.5 Å². The maximum Gasteiger partial charge on any atom is 0.247 e. The molecular weight excluding hydrogens is 896 g/mol. The highest BCUT2D eigenvalue weighted by molar-refractivity contribution is 9.10. The van der Waals surface area contributed by atoms with Crippen LogP contribution in [0.25, 0.3) is 20.2 Å². The van der Waals surface area contributed by atoms with Gasteiger partial charge >= 0.3 is 0 Å². The zero-order valence-corrected chi connectivity index (χ0v) is 41.6. The fraction of sp³-hybridized carbons (Fsp3) is 0.100. The fourth-order valence-electron chi connectivity index (χ4n) is 12.5. The topological polar surface area (TPSA) is 3.24 Å². The number of hydrogen-bond donors (Lipinski definition) is 0. The van der Waals surface area contributed by atoms with Crippen molar-refractivity contribution < 1.29 is 0 Å². The lowest BCUT2D eigenvalue weighted by atomic mass is 9.29. The van der Waals surface area contributed by atoms with E-state index in [1.165, 1.54) is 124 Å². The second-order valence-corrected chi connectivity index (χ2v) is 24.7. The molecule has 0 spiro atoms. The third-order valence-corrected chi connectivity index (χ3v) is 21.1. The monoisotopic (exact) mass is 943 g/mol. The quantitative estimate of drug-likeness (QED) is 0.119. The Kier molecular flexibility index (Phi) is 9.84. The molecule has 66 heavy (non-hydrogen) atoms. The summed E-state index contributed by atoms with van der Waals surface area (Å²) >= 11 is 6.11. The van der Waals surface area contributed by atoms with Crippen molar-refractivity contribution in [1.29, 1.82) is 0 Å². The second kappa shape index (κ2) is 15.7. The molecule has 2 aliphatic heterocycles. The summed E-state index contributed by atoms with van der Waals surface area (Å²) in [6.07, 6.45) is 0. The Morgan fingerprint density at radius 3 is 1.39 bits per heavy atom. The largest absolute Gasteiger partial charge is 0.312 e. The third kappa shape index (κ3) is 6.18. The fourth-order valence-corrected chi connectivity index (χ4v) is 18.8. The van der Waals surface area contributed by atoms with Crippen LogP contribution in [0.15, 0.2) is 186 Å². The minimum Gasteiger partial charge on any atom is -0.312 e. The van der Waals surface area contributed by atoms with E-state index >= 15 is 0 Å². The van der Waals surface area contributed by atoms with Gasteiger partial charge in [0.05, 0.1) is 0 Å². The predicted molar refractivity (Wildman–Crippen MR) is 296 cm³/mol. The van der Waals surface area contributed by atoms with E-state index in [-0.39, 0.29) is 13.4 Å². The molecular formula is C60H48B2BrNSSi. The molecule has 316 valence electrons. The number of anilines is 3. The minimum absolute atomic E-state index is 0.0208. The van der Waals surface area contributed by atoms with Gasteiger partial charge in [0.2, 0.25) is 13.4 Å². The van der Waals surface area contributed by atoms with E-state index in [1.807, 2.05) is 11.3 Å². The number of hydrogen-bond acceptors (Lipinski definition) is 2. The van der Waals surface area contributed by atoms with Crippen molar-refractivity contribution in [1.82, 2.24) is 0 Å². The van der Waals surface area contributed by atoms with Gasteiger partial charge in [0, 0.05) is 36.3 Å². The van der Waals surface area contributed by atoms with Crippen molar-refractivity contribution in [3.63, 3.8) is 0 Å². The average molecular weight is 945 g/mol. The van der Waals surface area contributed by atoms with Crippen LogP contribution in [0.5, 0.6) is 0 Å². The van der Waals surface area contributed by atoms with Crippen LogP contribution < -0.4 is 58.4 Å². The normalized spacial score (nSPS) is 13.0. The van der Waals surface area contributed by atoms with Crippen LogP contribution in [0.1, 0.15) is 33.4 Å². The summed E-state index contributed by atoms with van der Waals surface area (Å²) < 4.78 is 3.76. The third-order valence-electron chi connectivity index (χ3n) is 14.7. The lowest BCUT2D eigenvalue weighted by molar-refractivity contribution is 1.30. The Hall–Kier alpha value is -6.17. The molecule has 6 heteroatoms. The molecule has 0 fully saturated rings. The minimum atomic E-state index is -2.88. The van der Waals surface area contributed by atoms with Crippen molar-refractivity contribution in [2.75, 3.05) is 4.90 Å². The van der Waals surface area contributed by atoms with Gasteiger partial charge in [-0.05, 0) is 108 Å². The highest BCUT2D eigenvalue weighted by atomic mass is 79.9. The summed E-state index contributed by atoms with van der Waals surface area (Å²) in [4.78, 5) is 2.68. The van der Waals surface area contributed by atoms with Gasteiger partial charge in [0.25, 0.3) is 0 Å². The lowest BCUT2D eigenvalue weighted by Gasteiger charge is -2.45. The van der Waals surface area contributed by atoms with Crippen molar-refractivity contribution >= 4 is 140 Å². The second-order valence-electron chi connectivity index (χ2n) is 18.9. The molecule has 1 aromatic heterocycles. The number of aryl methyl sites for hydroxylation is 6. The summed E-state index contributed by atoms with van der Waals surface area (Å²) in [5.74, 6) is 0. The molecule has 0 saturated carbocycles. The van der Waals surface area contributed by atoms with Gasteiger partial charge in [-0.15, -0.1) is 11.3 Å². The zero-order chi connectivity index (χ0) is 45.0. The summed E-state index contributed by atoms with van der Waals surface area (Å²) in [5, 5.41) is 8.19. The van der Waals surface area contributed by atoms with E-state index in [1.54, 1.807) is 0 Å². The first-order valence-electron chi connectivity index (χ1n) is 23.2. The van der Waals surface area contributed by atoms with Gasteiger partial charge in [0.15, 0.2) is 8.07 Å². The Labute approximate surface area is 403 Å². The molecule has 0 unspecified atom stereocenters. The molecule has 0 amide bonds. The summed E-state index contributed by atoms with van der Waals surface area (Å²) in [5.41, 5.74) is 20.0. The number of halogens is 1. The Morgan fingerprint density at radius 2 is 0.879 bits per heavy atom. The zero-order valence-electron chi connectivity index (χ0n) is 38.2. The van der Waals surface area contributed by atoms with Crippen LogP contribution in [0.4, 0.5) is 17.1 Å². The average Bonchev–Trinajstić information content (AvgIpc) is 3.68. The number of thiophene rings is 1.